The van der Waals surface area contributed by atoms with Crippen molar-refractivity contribution in [1.29, 1.82) is 0 Å². The number of carbonyl (C=O) groups is 1. The smallest absolute Gasteiger partial charge is 0.209 e. The summed E-state index contributed by atoms with van der Waals surface area (Å²) >= 11 is 3.38. The van der Waals surface area contributed by atoms with Crippen LogP contribution in [0.25, 0.3) is 53.3 Å². The van der Waals surface area contributed by atoms with E-state index in [2.05, 4.69) is 46.8 Å². The largest absolute Gasteiger partial charge is 0.453 e. The van der Waals surface area contributed by atoms with Crippen LogP contribution in [0.1, 0.15) is 10.6 Å². The number of halogens is 1. The molecular formula is C32H24ClN3O3S2. The molecule has 0 unspecified atom stereocenters. The second-order valence-corrected chi connectivity index (χ2v) is 11.2. The molecule has 4 aromatic heterocycles. The van der Waals surface area contributed by atoms with Gasteiger partial charge in [0.25, 0.3) is 0 Å². The number of benzene rings is 4. The zero-order valence-corrected chi connectivity index (χ0v) is 24.0. The molecule has 9 heteroatoms. The fraction of sp³-hybridized carbons (Fsp3) is 0.0312. The molecule has 0 amide bonds. The Bertz CT molecular complexity index is 2060. The fourth-order valence-electron chi connectivity index (χ4n) is 4.86. The highest BCUT2D eigenvalue weighted by atomic mass is 35.5. The van der Waals surface area contributed by atoms with Gasteiger partial charge in [-0.1, -0.05) is 60.7 Å². The van der Waals surface area contributed by atoms with Crippen molar-refractivity contribution < 1.29 is 13.6 Å². The standard InChI is InChI=1S/C16H9NOS.C10H6O2S.C6H8N2.ClH/c1-3-7-11-9(5-1)15-13(17-11)14-16(19-15)10-6-2-4-8-12(10)18-14;11-7-5-13-10-6-3-1-2-4-8(6)12-9(7)10;7-8-6-4-2-1-3-5-6;/h1-8,17H;1-4H,5H2;1-5,8H,7H2;1H. The maximum atomic E-state index is 11.3. The number of aromatic amines is 1. The number of nitrogens with one attached hydrogen (secondary N) is 2. The summed E-state index contributed by atoms with van der Waals surface area (Å²) in [5.74, 6) is 6.28. The lowest BCUT2D eigenvalue weighted by Gasteiger charge is -1.94. The van der Waals surface area contributed by atoms with Crippen molar-refractivity contribution in [2.75, 3.05) is 11.2 Å². The summed E-state index contributed by atoms with van der Waals surface area (Å²) in [6, 6.07) is 34.0. The molecule has 1 aliphatic heterocycles. The van der Waals surface area contributed by atoms with E-state index in [1.807, 2.05) is 78.1 Å². The molecule has 9 rings (SSSR count). The number of hydrazine groups is 1. The number of para-hydroxylation sites is 4. The van der Waals surface area contributed by atoms with Crippen LogP contribution in [-0.4, -0.2) is 16.5 Å². The molecule has 5 heterocycles. The maximum absolute atomic E-state index is 11.3. The number of hydrogen-bond acceptors (Lipinski definition) is 7. The third kappa shape index (κ3) is 4.85. The molecule has 0 radical (unpaired) electrons. The molecule has 0 spiro atoms. The number of nitrogens with two attached hydrogens (primary N) is 1. The molecule has 0 atom stereocenters. The number of thioether (sulfide) groups is 1. The topological polar surface area (TPSA) is 97.2 Å². The van der Waals surface area contributed by atoms with E-state index < -0.39 is 0 Å². The van der Waals surface area contributed by atoms with Gasteiger partial charge in [-0.2, -0.15) is 0 Å². The van der Waals surface area contributed by atoms with E-state index in [1.54, 1.807) is 11.8 Å². The SMILES string of the molecule is Cl.NNc1ccccc1.O=C1CSc2c1oc1ccccc21.c1ccc2c(c1)[nH]c1c3oc4ccccc4c3sc21. The van der Waals surface area contributed by atoms with Gasteiger partial charge in [0, 0.05) is 27.4 Å². The number of H-pyrrole nitrogens is 1. The van der Waals surface area contributed by atoms with Crippen molar-refractivity contribution in [2.24, 2.45) is 5.84 Å². The first-order chi connectivity index (χ1) is 19.7. The predicted octanol–water partition coefficient (Wildman–Crippen LogP) is 9.40. The number of fused-ring (bicyclic) bond motifs is 10. The number of aromatic nitrogens is 1. The lowest BCUT2D eigenvalue weighted by molar-refractivity contribution is 0.0995. The summed E-state index contributed by atoms with van der Waals surface area (Å²) in [7, 11) is 0. The van der Waals surface area contributed by atoms with Gasteiger partial charge in [0.15, 0.2) is 11.3 Å². The first-order valence-electron chi connectivity index (χ1n) is 12.7. The number of ketones is 1. The molecule has 0 bridgehead atoms. The number of anilines is 1. The summed E-state index contributed by atoms with van der Waals surface area (Å²) in [5, 5.41) is 3.54. The normalized spacial score (nSPS) is 12.2. The van der Waals surface area contributed by atoms with E-state index in [-0.39, 0.29) is 18.2 Å². The average Bonchev–Trinajstić information content (AvgIpc) is 3.80. The third-order valence-electron chi connectivity index (χ3n) is 6.73. The Labute approximate surface area is 248 Å². The van der Waals surface area contributed by atoms with Crippen molar-refractivity contribution in [3.8, 4) is 0 Å². The number of thiophene rings is 1. The summed E-state index contributed by atoms with van der Waals surface area (Å²) in [5.41, 5.74) is 8.52. The van der Waals surface area contributed by atoms with E-state index >= 15 is 0 Å². The number of carbonyl (C=O) groups excluding carboxylic acids is 1. The number of nitrogen functional groups attached to an aromatic ring is 1. The Balaban J connectivity index is 0.000000120. The second-order valence-electron chi connectivity index (χ2n) is 9.21. The molecule has 41 heavy (non-hydrogen) atoms. The number of rotatable bonds is 1. The van der Waals surface area contributed by atoms with Crippen LogP contribution in [0.2, 0.25) is 0 Å². The highest BCUT2D eigenvalue weighted by Crippen LogP contribution is 2.43. The van der Waals surface area contributed by atoms with Crippen molar-refractivity contribution in [3.05, 3.63) is 109 Å². The van der Waals surface area contributed by atoms with E-state index in [0.29, 0.717) is 11.5 Å². The van der Waals surface area contributed by atoms with Crippen molar-refractivity contribution in [3.63, 3.8) is 0 Å². The third-order valence-corrected chi connectivity index (χ3v) is 9.07. The van der Waals surface area contributed by atoms with Crippen molar-refractivity contribution >= 4 is 100 Å². The van der Waals surface area contributed by atoms with Crippen LogP contribution in [0, 0.1) is 0 Å². The van der Waals surface area contributed by atoms with Crippen molar-refractivity contribution in [2.45, 2.75) is 4.90 Å². The van der Waals surface area contributed by atoms with Gasteiger partial charge >= 0.3 is 0 Å². The first kappa shape index (κ1) is 27.0. The molecule has 8 aromatic rings. The Morgan fingerprint density at radius 3 is 2.10 bits per heavy atom. The van der Waals surface area contributed by atoms with Gasteiger partial charge < -0.3 is 19.2 Å². The molecule has 0 saturated carbocycles. The maximum Gasteiger partial charge on any atom is 0.209 e. The number of hydrogen-bond donors (Lipinski definition) is 3. The minimum Gasteiger partial charge on any atom is -0.453 e. The van der Waals surface area contributed by atoms with E-state index in [1.165, 1.54) is 25.7 Å². The predicted molar refractivity (Wildman–Crippen MR) is 174 cm³/mol. The highest BCUT2D eigenvalue weighted by Gasteiger charge is 2.27. The summed E-state index contributed by atoms with van der Waals surface area (Å²) < 4.78 is 14.0. The van der Waals surface area contributed by atoms with Crippen LogP contribution in [0.4, 0.5) is 5.69 Å². The molecule has 4 aromatic carbocycles. The molecule has 0 aliphatic carbocycles. The zero-order chi connectivity index (χ0) is 27.1. The summed E-state index contributed by atoms with van der Waals surface area (Å²) in [6.45, 7) is 0. The van der Waals surface area contributed by atoms with Gasteiger partial charge in [0.05, 0.1) is 20.0 Å². The van der Waals surface area contributed by atoms with Crippen LogP contribution < -0.4 is 11.3 Å². The molecule has 1 aliphatic rings. The van der Waals surface area contributed by atoms with Crippen LogP contribution in [0.15, 0.2) is 117 Å². The monoisotopic (exact) mass is 597 g/mol. The lowest BCUT2D eigenvalue weighted by Crippen LogP contribution is -2.05. The van der Waals surface area contributed by atoms with Crippen LogP contribution >= 0.6 is 35.5 Å². The summed E-state index contributed by atoms with van der Waals surface area (Å²) in [6.07, 6.45) is 0. The quantitative estimate of drug-likeness (QED) is 0.129. The van der Waals surface area contributed by atoms with Gasteiger partial charge in [0.1, 0.15) is 16.7 Å². The Kier molecular flexibility index (Phi) is 7.47. The van der Waals surface area contributed by atoms with E-state index in [4.69, 9.17) is 14.7 Å². The molecule has 4 N–H and O–H groups in total. The van der Waals surface area contributed by atoms with Gasteiger partial charge in [-0.25, -0.2) is 0 Å². The fourth-order valence-corrected chi connectivity index (χ4v) is 7.13. The lowest BCUT2D eigenvalue weighted by atomic mass is 10.2. The van der Waals surface area contributed by atoms with E-state index in [9.17, 15) is 4.79 Å². The van der Waals surface area contributed by atoms with Gasteiger partial charge in [-0.15, -0.1) is 35.5 Å². The van der Waals surface area contributed by atoms with E-state index in [0.717, 1.165) is 38.2 Å². The average molecular weight is 598 g/mol. The Morgan fingerprint density at radius 1 is 0.732 bits per heavy atom. The van der Waals surface area contributed by atoms with Crippen LogP contribution in [0.5, 0.6) is 0 Å². The zero-order valence-electron chi connectivity index (χ0n) is 21.5. The highest BCUT2D eigenvalue weighted by molar-refractivity contribution is 8.00. The Hall–Kier alpha value is -4.21. The minimum atomic E-state index is 0. The molecule has 204 valence electrons. The van der Waals surface area contributed by atoms with Gasteiger partial charge in [-0.3, -0.25) is 10.6 Å². The molecule has 6 nitrogen and oxygen atoms in total. The summed E-state index contributed by atoms with van der Waals surface area (Å²) in [4.78, 5) is 15.8. The van der Waals surface area contributed by atoms with Crippen molar-refractivity contribution in [1.82, 2.24) is 4.98 Å². The van der Waals surface area contributed by atoms with Crippen LogP contribution in [0.3, 0.4) is 0 Å². The number of Topliss-reactive ketones (excluding diaryl/α,β-unsaturated/α-hetero) is 1. The van der Waals surface area contributed by atoms with Crippen LogP contribution in [-0.2, 0) is 0 Å². The molecular weight excluding hydrogens is 574 g/mol. The molecule has 0 saturated heterocycles. The second kappa shape index (κ2) is 11.3. The minimum absolute atomic E-state index is 0. The first-order valence-corrected chi connectivity index (χ1v) is 14.5. The van der Waals surface area contributed by atoms with Gasteiger partial charge in [0.2, 0.25) is 5.78 Å². The number of furan rings is 2. The van der Waals surface area contributed by atoms with Gasteiger partial charge in [-0.05, 0) is 42.5 Å². The molecule has 0 fully saturated rings. The Morgan fingerprint density at radius 2 is 1.37 bits per heavy atom.